The van der Waals surface area contributed by atoms with Crippen molar-refractivity contribution in [3.8, 4) is 0 Å². The first-order valence-electron chi connectivity index (χ1n) is 5.51. The normalized spacial score (nSPS) is 13.6. The van der Waals surface area contributed by atoms with Gasteiger partial charge in [0.1, 0.15) is 0 Å². The van der Waals surface area contributed by atoms with E-state index in [1.54, 1.807) is 0 Å². The first-order chi connectivity index (χ1) is 8.40. The molecular formula is C10H16N4O3S. The molecule has 0 radical (unpaired) electrons. The van der Waals surface area contributed by atoms with E-state index in [0.717, 1.165) is 17.7 Å². The van der Waals surface area contributed by atoms with Crippen LogP contribution in [0.1, 0.15) is 12.8 Å². The van der Waals surface area contributed by atoms with E-state index in [1.165, 1.54) is 7.05 Å². The number of amides is 3. The standard InChI is InChI=1S/C10H16N4O3S/c1-14(5-8(15)13-6-2-3-6)10(17)9(16)12-4-7(11)18/h6H,2-5H2,1H3,(H2,11,18)(H,12,16)(H,13,15). The van der Waals surface area contributed by atoms with E-state index in [4.69, 9.17) is 5.73 Å². The Morgan fingerprint density at radius 3 is 2.50 bits per heavy atom. The first-order valence-corrected chi connectivity index (χ1v) is 5.92. The van der Waals surface area contributed by atoms with Crippen LogP contribution in [-0.4, -0.2) is 53.8 Å². The third-order valence-electron chi connectivity index (χ3n) is 2.29. The van der Waals surface area contributed by atoms with Crippen molar-refractivity contribution in [1.82, 2.24) is 15.5 Å². The lowest BCUT2D eigenvalue weighted by atomic mass is 10.4. The molecule has 8 heteroatoms. The van der Waals surface area contributed by atoms with E-state index in [2.05, 4.69) is 22.9 Å². The number of thiocarbonyl (C=S) groups is 1. The number of nitrogens with zero attached hydrogens (tertiary/aromatic N) is 1. The van der Waals surface area contributed by atoms with Gasteiger partial charge >= 0.3 is 11.8 Å². The Kier molecular flexibility index (Phi) is 5.02. The van der Waals surface area contributed by atoms with Gasteiger partial charge in [-0.05, 0) is 12.8 Å². The lowest BCUT2D eigenvalue weighted by Gasteiger charge is -2.16. The summed E-state index contributed by atoms with van der Waals surface area (Å²) in [6.45, 7) is -0.183. The van der Waals surface area contributed by atoms with Crippen LogP contribution in [0.25, 0.3) is 0 Å². The van der Waals surface area contributed by atoms with Crippen LogP contribution < -0.4 is 16.4 Å². The summed E-state index contributed by atoms with van der Waals surface area (Å²) in [5, 5.41) is 4.98. The van der Waals surface area contributed by atoms with E-state index in [0.29, 0.717) is 0 Å². The van der Waals surface area contributed by atoms with Gasteiger partial charge in [0, 0.05) is 13.1 Å². The summed E-state index contributed by atoms with van der Waals surface area (Å²) in [6, 6.07) is 0.226. The SMILES string of the molecule is CN(CC(=O)NC1CC1)C(=O)C(=O)NCC(N)=S. The summed E-state index contributed by atoms with van der Waals surface area (Å²) in [4.78, 5) is 35.5. The molecule has 0 saturated heterocycles. The number of rotatable bonds is 5. The average Bonchev–Trinajstić information content (AvgIpc) is 3.08. The van der Waals surface area contributed by atoms with Crippen LogP contribution >= 0.6 is 12.2 Å². The second-order valence-electron chi connectivity index (χ2n) is 4.15. The number of carbonyl (C=O) groups excluding carboxylic acids is 3. The van der Waals surface area contributed by atoms with Gasteiger partial charge in [-0.3, -0.25) is 14.4 Å². The second kappa shape index (κ2) is 6.29. The van der Waals surface area contributed by atoms with Crippen molar-refractivity contribution < 1.29 is 14.4 Å². The van der Waals surface area contributed by atoms with Crippen molar-refractivity contribution in [2.24, 2.45) is 5.73 Å². The minimum atomic E-state index is -0.829. The molecule has 0 unspecified atom stereocenters. The van der Waals surface area contributed by atoms with E-state index in [1.807, 2.05) is 0 Å². The topological polar surface area (TPSA) is 105 Å². The number of nitrogens with one attached hydrogen (secondary N) is 2. The molecule has 0 atom stereocenters. The highest BCUT2D eigenvalue weighted by Gasteiger charge is 2.25. The van der Waals surface area contributed by atoms with Crippen LogP contribution in [0, 0.1) is 0 Å². The molecule has 4 N–H and O–H groups in total. The van der Waals surface area contributed by atoms with Crippen molar-refractivity contribution in [1.29, 1.82) is 0 Å². The third-order valence-corrected chi connectivity index (χ3v) is 2.43. The molecule has 0 aliphatic heterocycles. The minimum absolute atomic E-state index is 0.0397. The lowest BCUT2D eigenvalue weighted by molar-refractivity contribution is -0.146. The van der Waals surface area contributed by atoms with Crippen molar-refractivity contribution >= 4 is 34.9 Å². The smallest absolute Gasteiger partial charge is 0.312 e. The predicted molar refractivity (Wildman–Crippen MR) is 68.6 cm³/mol. The second-order valence-corrected chi connectivity index (χ2v) is 4.68. The fraction of sp³-hybridized carbons (Fsp3) is 0.600. The summed E-state index contributed by atoms with van der Waals surface area (Å²) >= 11 is 4.56. The molecule has 1 aliphatic carbocycles. The molecule has 0 aromatic heterocycles. The van der Waals surface area contributed by atoms with Crippen molar-refractivity contribution in [3.63, 3.8) is 0 Å². The number of hydrogen-bond donors (Lipinski definition) is 3. The Morgan fingerprint density at radius 1 is 1.39 bits per heavy atom. The molecule has 1 saturated carbocycles. The molecule has 1 rings (SSSR count). The Morgan fingerprint density at radius 2 is 2.00 bits per heavy atom. The zero-order valence-electron chi connectivity index (χ0n) is 10.1. The van der Waals surface area contributed by atoms with E-state index >= 15 is 0 Å². The van der Waals surface area contributed by atoms with Gasteiger partial charge in [-0.25, -0.2) is 0 Å². The highest BCUT2D eigenvalue weighted by molar-refractivity contribution is 7.80. The Hall–Kier alpha value is -1.70. The van der Waals surface area contributed by atoms with E-state index < -0.39 is 11.8 Å². The molecule has 0 aromatic rings. The fourth-order valence-corrected chi connectivity index (χ4v) is 1.28. The Bertz CT molecular complexity index is 381. The molecule has 0 bridgehead atoms. The summed E-state index contributed by atoms with van der Waals surface area (Å²) in [5.41, 5.74) is 5.19. The van der Waals surface area contributed by atoms with Gasteiger partial charge in [0.05, 0.1) is 18.1 Å². The number of hydrogen-bond acceptors (Lipinski definition) is 4. The highest BCUT2D eigenvalue weighted by atomic mass is 32.1. The van der Waals surface area contributed by atoms with Crippen molar-refractivity contribution in [2.45, 2.75) is 18.9 Å². The summed E-state index contributed by atoms with van der Waals surface area (Å²) in [7, 11) is 1.38. The van der Waals surface area contributed by atoms with Gasteiger partial charge in [-0.15, -0.1) is 0 Å². The average molecular weight is 272 g/mol. The molecule has 7 nitrogen and oxygen atoms in total. The van der Waals surface area contributed by atoms with Crippen LogP contribution in [0.15, 0.2) is 0 Å². The maximum absolute atomic E-state index is 11.5. The summed E-state index contributed by atoms with van der Waals surface area (Å²) < 4.78 is 0. The Balaban J connectivity index is 2.32. The monoisotopic (exact) mass is 272 g/mol. The van der Waals surface area contributed by atoms with Crippen molar-refractivity contribution in [3.05, 3.63) is 0 Å². The number of carbonyl (C=O) groups is 3. The van der Waals surface area contributed by atoms with Gasteiger partial charge in [0.15, 0.2) is 0 Å². The molecule has 0 heterocycles. The fourth-order valence-electron chi connectivity index (χ4n) is 1.20. The van der Waals surface area contributed by atoms with Crippen molar-refractivity contribution in [2.75, 3.05) is 20.1 Å². The summed E-state index contributed by atoms with van der Waals surface area (Å²) in [5.74, 6) is -1.89. The van der Waals surface area contributed by atoms with E-state index in [-0.39, 0.29) is 30.0 Å². The molecular weight excluding hydrogens is 256 g/mol. The van der Waals surface area contributed by atoms with Crippen LogP contribution in [0.5, 0.6) is 0 Å². The van der Waals surface area contributed by atoms with Gasteiger partial charge in [-0.1, -0.05) is 12.2 Å². The maximum atomic E-state index is 11.5. The molecule has 0 aromatic carbocycles. The predicted octanol–water partition coefficient (Wildman–Crippen LogP) is -1.87. The van der Waals surface area contributed by atoms with Gasteiger partial charge in [0.2, 0.25) is 5.91 Å². The largest absolute Gasteiger partial charge is 0.392 e. The maximum Gasteiger partial charge on any atom is 0.312 e. The highest BCUT2D eigenvalue weighted by Crippen LogP contribution is 2.18. The first kappa shape index (κ1) is 14.4. The molecule has 1 fully saturated rings. The van der Waals surface area contributed by atoms with Crippen LogP contribution in [-0.2, 0) is 14.4 Å². The van der Waals surface area contributed by atoms with Gasteiger partial charge < -0.3 is 21.3 Å². The number of nitrogens with two attached hydrogens (primary N) is 1. The summed E-state index contributed by atoms with van der Waals surface area (Å²) in [6.07, 6.45) is 1.94. The molecule has 18 heavy (non-hydrogen) atoms. The van der Waals surface area contributed by atoms with Crippen LogP contribution in [0.2, 0.25) is 0 Å². The van der Waals surface area contributed by atoms with Crippen LogP contribution in [0.3, 0.4) is 0 Å². The number of likely N-dealkylation sites (N-methyl/N-ethyl adjacent to an activating group) is 1. The molecule has 100 valence electrons. The van der Waals surface area contributed by atoms with E-state index in [9.17, 15) is 14.4 Å². The molecule has 0 spiro atoms. The third kappa shape index (κ3) is 5.09. The van der Waals surface area contributed by atoms with Gasteiger partial charge in [0.25, 0.3) is 0 Å². The quantitative estimate of drug-likeness (QED) is 0.401. The Labute approximate surface area is 110 Å². The molecule has 3 amide bonds. The zero-order valence-corrected chi connectivity index (χ0v) is 10.9. The zero-order chi connectivity index (χ0) is 13.7. The van der Waals surface area contributed by atoms with Crippen LogP contribution in [0.4, 0.5) is 0 Å². The lowest BCUT2D eigenvalue weighted by Crippen LogP contribution is -2.46. The minimum Gasteiger partial charge on any atom is -0.392 e. The molecule has 1 aliphatic rings. The van der Waals surface area contributed by atoms with Gasteiger partial charge in [-0.2, -0.15) is 0 Å².